The van der Waals surface area contributed by atoms with Gasteiger partial charge in [-0.3, -0.25) is 14.9 Å². The van der Waals surface area contributed by atoms with Crippen molar-refractivity contribution in [2.45, 2.75) is 17.3 Å². The third-order valence-electron chi connectivity index (χ3n) is 3.72. The molecule has 3 rings (SSSR count). The first-order valence-electron chi connectivity index (χ1n) is 7.59. The van der Waals surface area contributed by atoms with Crippen molar-refractivity contribution >= 4 is 40.1 Å². The van der Waals surface area contributed by atoms with Gasteiger partial charge in [0.1, 0.15) is 0 Å². The molecular formula is C17H16N4O3S. The van der Waals surface area contributed by atoms with Gasteiger partial charge in [0.2, 0.25) is 5.91 Å². The fourth-order valence-corrected chi connectivity index (χ4v) is 3.27. The minimum absolute atomic E-state index is 0.0616. The number of aryl methyl sites for hydroxylation is 1. The van der Waals surface area contributed by atoms with Crippen LogP contribution < -0.4 is 5.32 Å². The number of thioether (sulfide) groups is 1. The second-order valence-electron chi connectivity index (χ2n) is 5.50. The molecule has 1 amide bonds. The lowest BCUT2D eigenvalue weighted by Crippen LogP contribution is -2.22. The Labute approximate surface area is 148 Å². The molecule has 0 aliphatic rings. The highest BCUT2D eigenvalue weighted by molar-refractivity contribution is 8.00. The van der Waals surface area contributed by atoms with E-state index in [2.05, 4.69) is 10.3 Å². The molecule has 0 aliphatic heterocycles. The number of hydrogen-bond donors (Lipinski definition) is 1. The van der Waals surface area contributed by atoms with Gasteiger partial charge in [0.15, 0.2) is 5.16 Å². The van der Waals surface area contributed by atoms with Crippen molar-refractivity contribution in [1.82, 2.24) is 9.55 Å². The third kappa shape index (κ3) is 3.63. The van der Waals surface area contributed by atoms with Gasteiger partial charge in [0.25, 0.3) is 5.69 Å². The SMILES string of the molecule is C[C@H](Sc1nc2ccccc2n1C)C(=O)Nc1cccc([N+](=O)[O-])c1. The second-order valence-corrected chi connectivity index (χ2v) is 6.81. The number of aromatic nitrogens is 2. The van der Waals surface area contributed by atoms with Crippen molar-refractivity contribution in [2.24, 2.45) is 7.05 Å². The lowest BCUT2D eigenvalue weighted by Gasteiger charge is -2.11. The molecule has 1 heterocycles. The lowest BCUT2D eigenvalue weighted by molar-refractivity contribution is -0.384. The maximum Gasteiger partial charge on any atom is 0.271 e. The largest absolute Gasteiger partial charge is 0.325 e. The summed E-state index contributed by atoms with van der Waals surface area (Å²) in [6.45, 7) is 1.77. The number of carbonyl (C=O) groups is 1. The van der Waals surface area contributed by atoms with Gasteiger partial charge in [0, 0.05) is 24.9 Å². The number of nitrogens with one attached hydrogen (secondary N) is 1. The zero-order chi connectivity index (χ0) is 18.0. The molecule has 0 aliphatic carbocycles. The van der Waals surface area contributed by atoms with Gasteiger partial charge < -0.3 is 9.88 Å². The molecular weight excluding hydrogens is 340 g/mol. The molecule has 1 atom stereocenters. The van der Waals surface area contributed by atoms with Crippen LogP contribution in [0.2, 0.25) is 0 Å². The van der Waals surface area contributed by atoms with Crippen LogP contribution in [0, 0.1) is 10.1 Å². The Bertz CT molecular complexity index is 954. The minimum Gasteiger partial charge on any atom is -0.325 e. The molecule has 0 saturated carbocycles. The highest BCUT2D eigenvalue weighted by Crippen LogP contribution is 2.27. The Morgan fingerprint density at radius 1 is 1.28 bits per heavy atom. The van der Waals surface area contributed by atoms with Crippen LogP contribution in [-0.2, 0) is 11.8 Å². The van der Waals surface area contributed by atoms with E-state index < -0.39 is 10.2 Å². The van der Waals surface area contributed by atoms with Crippen molar-refractivity contribution in [1.29, 1.82) is 0 Å². The van der Waals surface area contributed by atoms with Crippen molar-refractivity contribution in [3.05, 3.63) is 58.6 Å². The van der Waals surface area contributed by atoms with Gasteiger partial charge in [-0.15, -0.1) is 0 Å². The summed E-state index contributed by atoms with van der Waals surface area (Å²) in [6.07, 6.45) is 0. The van der Waals surface area contributed by atoms with Gasteiger partial charge in [-0.25, -0.2) is 4.98 Å². The zero-order valence-electron chi connectivity index (χ0n) is 13.7. The van der Waals surface area contributed by atoms with Gasteiger partial charge in [0.05, 0.1) is 21.2 Å². The summed E-state index contributed by atoms with van der Waals surface area (Å²) in [5.41, 5.74) is 2.21. The molecule has 8 heteroatoms. The predicted molar refractivity (Wildman–Crippen MR) is 97.8 cm³/mol. The van der Waals surface area contributed by atoms with Gasteiger partial charge in [-0.1, -0.05) is 30.0 Å². The van der Waals surface area contributed by atoms with Crippen molar-refractivity contribution < 1.29 is 9.72 Å². The van der Waals surface area contributed by atoms with E-state index in [0.717, 1.165) is 16.2 Å². The monoisotopic (exact) mass is 356 g/mol. The second kappa shape index (κ2) is 6.94. The fraction of sp³-hybridized carbons (Fsp3) is 0.176. The number of benzene rings is 2. The number of amides is 1. The Morgan fingerprint density at radius 2 is 2.04 bits per heavy atom. The number of nitro benzene ring substituents is 1. The van der Waals surface area contributed by atoms with Crippen molar-refractivity contribution in [3.8, 4) is 0 Å². The van der Waals surface area contributed by atoms with Crippen LogP contribution in [-0.4, -0.2) is 25.6 Å². The van der Waals surface area contributed by atoms with Crippen LogP contribution in [0.1, 0.15) is 6.92 Å². The maximum absolute atomic E-state index is 12.4. The molecule has 3 aromatic rings. The van der Waals surface area contributed by atoms with Gasteiger partial charge >= 0.3 is 0 Å². The molecule has 0 saturated heterocycles. The van der Waals surface area contributed by atoms with Crippen LogP contribution in [0.5, 0.6) is 0 Å². The number of carbonyl (C=O) groups excluding carboxylic acids is 1. The van der Waals surface area contributed by atoms with E-state index >= 15 is 0 Å². The van der Waals surface area contributed by atoms with E-state index in [4.69, 9.17) is 0 Å². The summed E-state index contributed by atoms with van der Waals surface area (Å²) in [5, 5.41) is 13.9. The first-order valence-corrected chi connectivity index (χ1v) is 8.47. The Morgan fingerprint density at radius 3 is 2.76 bits per heavy atom. The lowest BCUT2D eigenvalue weighted by atomic mass is 10.2. The van der Waals surface area contributed by atoms with Crippen molar-refractivity contribution in [2.75, 3.05) is 5.32 Å². The van der Waals surface area contributed by atoms with Crippen LogP contribution in [0.4, 0.5) is 11.4 Å². The molecule has 2 aromatic carbocycles. The Hall–Kier alpha value is -2.87. The average molecular weight is 356 g/mol. The van der Waals surface area contributed by atoms with E-state index in [1.807, 2.05) is 35.9 Å². The molecule has 25 heavy (non-hydrogen) atoms. The molecule has 0 fully saturated rings. The summed E-state index contributed by atoms with van der Waals surface area (Å²) in [6, 6.07) is 13.6. The van der Waals surface area contributed by atoms with Crippen LogP contribution in [0.3, 0.4) is 0 Å². The smallest absolute Gasteiger partial charge is 0.271 e. The van der Waals surface area contributed by atoms with E-state index in [-0.39, 0.29) is 11.6 Å². The number of nitrogens with zero attached hydrogens (tertiary/aromatic N) is 3. The molecule has 0 radical (unpaired) electrons. The van der Waals surface area contributed by atoms with E-state index in [9.17, 15) is 14.9 Å². The predicted octanol–water partition coefficient (Wildman–Crippen LogP) is 3.60. The minimum atomic E-state index is -0.493. The normalized spacial score (nSPS) is 12.1. The molecule has 7 nitrogen and oxygen atoms in total. The first kappa shape index (κ1) is 17.0. The number of anilines is 1. The van der Waals surface area contributed by atoms with Gasteiger partial charge in [-0.05, 0) is 25.1 Å². The molecule has 0 unspecified atom stereocenters. The highest BCUT2D eigenvalue weighted by atomic mass is 32.2. The molecule has 1 aromatic heterocycles. The summed E-state index contributed by atoms with van der Waals surface area (Å²) in [5.74, 6) is -0.238. The highest BCUT2D eigenvalue weighted by Gasteiger charge is 2.19. The number of fused-ring (bicyclic) bond motifs is 1. The van der Waals surface area contributed by atoms with E-state index in [1.165, 1.54) is 30.0 Å². The molecule has 0 spiro atoms. The number of para-hydroxylation sites is 2. The third-order valence-corrected chi connectivity index (χ3v) is 4.87. The number of nitro groups is 1. The van der Waals surface area contributed by atoms with E-state index in [1.54, 1.807) is 13.0 Å². The molecule has 128 valence electrons. The topological polar surface area (TPSA) is 90.1 Å². The molecule has 1 N–H and O–H groups in total. The summed E-state index contributed by atoms with van der Waals surface area (Å²) < 4.78 is 1.94. The summed E-state index contributed by atoms with van der Waals surface area (Å²) in [4.78, 5) is 27.2. The zero-order valence-corrected chi connectivity index (χ0v) is 14.5. The van der Waals surface area contributed by atoms with Crippen molar-refractivity contribution in [3.63, 3.8) is 0 Å². The van der Waals surface area contributed by atoms with E-state index in [0.29, 0.717) is 5.69 Å². The number of hydrogen-bond acceptors (Lipinski definition) is 5. The Kier molecular flexibility index (Phi) is 4.71. The van der Waals surface area contributed by atoms with Gasteiger partial charge in [-0.2, -0.15) is 0 Å². The number of non-ortho nitro benzene ring substituents is 1. The number of rotatable bonds is 5. The van der Waals surface area contributed by atoms with Crippen LogP contribution >= 0.6 is 11.8 Å². The summed E-state index contributed by atoms with van der Waals surface area (Å²) >= 11 is 1.34. The number of imidazole rings is 1. The fourth-order valence-electron chi connectivity index (χ4n) is 2.38. The molecule has 0 bridgehead atoms. The average Bonchev–Trinajstić information content (AvgIpc) is 2.91. The first-order chi connectivity index (χ1) is 12.0. The van der Waals surface area contributed by atoms with Crippen LogP contribution in [0.15, 0.2) is 53.7 Å². The quantitative estimate of drug-likeness (QED) is 0.428. The standard InChI is InChI=1S/C17H16N4O3S/c1-11(16(22)18-12-6-5-7-13(10-12)21(23)24)25-17-19-14-8-3-4-9-15(14)20(17)2/h3-11H,1-2H3,(H,18,22)/t11-/m0/s1. The summed E-state index contributed by atoms with van der Waals surface area (Å²) in [7, 11) is 1.91. The Balaban J connectivity index is 1.73. The maximum atomic E-state index is 12.4. The van der Waals surface area contributed by atoms with Crippen LogP contribution in [0.25, 0.3) is 11.0 Å².